The van der Waals surface area contributed by atoms with Crippen LogP contribution in [-0.4, -0.2) is 24.7 Å². The Balaban J connectivity index is 1.81. The van der Waals surface area contributed by atoms with Gasteiger partial charge in [0.15, 0.2) is 11.0 Å². The van der Waals surface area contributed by atoms with Crippen molar-refractivity contribution in [2.45, 2.75) is 17.3 Å². The number of hydrogen-bond donors (Lipinski definition) is 0. The van der Waals surface area contributed by atoms with Crippen LogP contribution in [0.5, 0.6) is 0 Å². The Morgan fingerprint density at radius 3 is 2.71 bits per heavy atom. The molecule has 0 aliphatic carbocycles. The first-order valence-corrected chi connectivity index (χ1v) is 8.77. The van der Waals surface area contributed by atoms with Crippen molar-refractivity contribution in [3.05, 3.63) is 40.2 Å². The van der Waals surface area contributed by atoms with Gasteiger partial charge in [0.1, 0.15) is 5.82 Å². The second-order valence-electron chi connectivity index (χ2n) is 4.36. The highest BCUT2D eigenvalue weighted by Crippen LogP contribution is 2.33. The molecule has 0 saturated carbocycles. The SMILES string of the molecule is C[C@@H](Sc1nnc(-c2cccs2)n1C)c1ncc(Br)cn1. The third-order valence-corrected chi connectivity index (χ3v) is 5.27. The summed E-state index contributed by atoms with van der Waals surface area (Å²) in [5.74, 6) is 1.67. The van der Waals surface area contributed by atoms with Crippen molar-refractivity contribution in [3.63, 3.8) is 0 Å². The van der Waals surface area contributed by atoms with Crippen molar-refractivity contribution in [2.75, 3.05) is 0 Å². The number of aromatic nitrogens is 5. The minimum Gasteiger partial charge on any atom is -0.304 e. The second kappa shape index (κ2) is 6.25. The lowest BCUT2D eigenvalue weighted by molar-refractivity contribution is 0.787. The topological polar surface area (TPSA) is 56.5 Å². The molecule has 0 amide bonds. The first-order chi connectivity index (χ1) is 10.1. The standard InChI is InChI=1S/C13H12BrN5S2/c1-8(11-15-6-9(14)7-16-11)21-13-18-17-12(19(13)2)10-4-3-5-20-10/h3-8H,1-2H3/t8-/m1/s1. The first kappa shape index (κ1) is 14.7. The van der Waals surface area contributed by atoms with Crippen molar-refractivity contribution < 1.29 is 0 Å². The highest BCUT2D eigenvalue weighted by Gasteiger charge is 2.17. The summed E-state index contributed by atoms with van der Waals surface area (Å²) in [6, 6.07) is 4.06. The molecule has 3 rings (SSSR count). The van der Waals surface area contributed by atoms with Crippen LogP contribution < -0.4 is 0 Å². The molecule has 8 heteroatoms. The lowest BCUT2D eigenvalue weighted by Gasteiger charge is -2.09. The summed E-state index contributed by atoms with van der Waals surface area (Å²) < 4.78 is 2.88. The molecule has 3 heterocycles. The molecule has 21 heavy (non-hydrogen) atoms. The molecule has 0 fully saturated rings. The van der Waals surface area contributed by atoms with E-state index in [1.807, 2.05) is 29.1 Å². The molecule has 0 unspecified atom stereocenters. The van der Waals surface area contributed by atoms with E-state index in [-0.39, 0.29) is 5.25 Å². The van der Waals surface area contributed by atoms with E-state index in [0.29, 0.717) is 0 Å². The minimum atomic E-state index is 0.109. The van der Waals surface area contributed by atoms with Gasteiger partial charge in [-0.3, -0.25) is 0 Å². The highest BCUT2D eigenvalue weighted by atomic mass is 79.9. The van der Waals surface area contributed by atoms with Gasteiger partial charge in [0.05, 0.1) is 14.6 Å². The molecular formula is C13H12BrN5S2. The van der Waals surface area contributed by atoms with Crippen molar-refractivity contribution in [3.8, 4) is 10.7 Å². The summed E-state index contributed by atoms with van der Waals surface area (Å²) >= 11 is 6.60. The van der Waals surface area contributed by atoms with Crippen LogP contribution in [0.1, 0.15) is 18.0 Å². The second-order valence-corrected chi connectivity index (χ2v) is 7.53. The van der Waals surface area contributed by atoms with Gasteiger partial charge >= 0.3 is 0 Å². The molecule has 0 aromatic carbocycles. The van der Waals surface area contributed by atoms with E-state index < -0.39 is 0 Å². The molecule has 3 aromatic heterocycles. The molecule has 0 spiro atoms. The molecule has 108 valence electrons. The van der Waals surface area contributed by atoms with E-state index in [2.05, 4.69) is 43.0 Å². The van der Waals surface area contributed by atoms with Crippen LogP contribution in [0.25, 0.3) is 10.7 Å². The van der Waals surface area contributed by atoms with Gasteiger partial charge in [-0.15, -0.1) is 21.5 Å². The Morgan fingerprint density at radius 2 is 2.05 bits per heavy atom. The fourth-order valence-corrected chi connectivity index (χ4v) is 3.61. The lowest BCUT2D eigenvalue weighted by Crippen LogP contribution is -1.99. The zero-order chi connectivity index (χ0) is 14.8. The van der Waals surface area contributed by atoms with Crippen LogP contribution in [0.2, 0.25) is 0 Å². The Kier molecular flexibility index (Phi) is 4.37. The summed E-state index contributed by atoms with van der Waals surface area (Å²) in [6.45, 7) is 2.06. The fourth-order valence-electron chi connectivity index (χ4n) is 1.78. The Morgan fingerprint density at radius 1 is 1.29 bits per heavy atom. The van der Waals surface area contributed by atoms with Crippen molar-refractivity contribution in [1.82, 2.24) is 24.7 Å². The summed E-state index contributed by atoms with van der Waals surface area (Å²) in [7, 11) is 1.98. The van der Waals surface area contributed by atoms with Gasteiger partial charge in [0.25, 0.3) is 0 Å². The molecule has 0 saturated heterocycles. The van der Waals surface area contributed by atoms with Crippen LogP contribution in [-0.2, 0) is 7.05 Å². The van der Waals surface area contributed by atoms with Gasteiger partial charge in [-0.25, -0.2) is 9.97 Å². The molecule has 0 radical (unpaired) electrons. The number of thioether (sulfide) groups is 1. The van der Waals surface area contributed by atoms with Crippen LogP contribution in [0.4, 0.5) is 0 Å². The summed E-state index contributed by atoms with van der Waals surface area (Å²) in [5.41, 5.74) is 0. The lowest BCUT2D eigenvalue weighted by atomic mass is 10.4. The van der Waals surface area contributed by atoms with E-state index in [4.69, 9.17) is 0 Å². The maximum atomic E-state index is 4.33. The maximum absolute atomic E-state index is 4.33. The number of thiophene rings is 1. The average molecular weight is 382 g/mol. The first-order valence-electron chi connectivity index (χ1n) is 6.22. The molecule has 3 aromatic rings. The normalized spacial score (nSPS) is 12.5. The van der Waals surface area contributed by atoms with Gasteiger partial charge in [-0.05, 0) is 34.3 Å². The number of nitrogens with zero attached hydrogens (tertiary/aromatic N) is 5. The molecule has 0 bridgehead atoms. The monoisotopic (exact) mass is 381 g/mol. The summed E-state index contributed by atoms with van der Waals surface area (Å²) in [5, 5.41) is 11.5. The van der Waals surface area contributed by atoms with Gasteiger partial charge in [-0.2, -0.15) is 0 Å². The fraction of sp³-hybridized carbons (Fsp3) is 0.231. The van der Waals surface area contributed by atoms with Crippen molar-refractivity contribution in [2.24, 2.45) is 7.05 Å². The quantitative estimate of drug-likeness (QED) is 0.640. The molecule has 0 N–H and O–H groups in total. The molecular weight excluding hydrogens is 370 g/mol. The van der Waals surface area contributed by atoms with Gasteiger partial charge < -0.3 is 4.57 Å². The number of hydrogen-bond acceptors (Lipinski definition) is 6. The zero-order valence-corrected chi connectivity index (χ0v) is 14.6. The third-order valence-electron chi connectivity index (χ3n) is 2.86. The molecule has 5 nitrogen and oxygen atoms in total. The predicted octanol–water partition coefficient (Wildman–Crippen LogP) is 3.95. The van der Waals surface area contributed by atoms with Gasteiger partial charge in [0.2, 0.25) is 0 Å². The number of rotatable bonds is 4. The van der Waals surface area contributed by atoms with Crippen LogP contribution in [0.3, 0.4) is 0 Å². The largest absolute Gasteiger partial charge is 0.304 e. The Bertz CT molecular complexity index is 724. The Labute approximate surface area is 139 Å². The minimum absolute atomic E-state index is 0.109. The molecule has 0 aliphatic heterocycles. The number of halogens is 1. The van der Waals surface area contributed by atoms with E-state index in [9.17, 15) is 0 Å². The van der Waals surface area contributed by atoms with E-state index in [0.717, 1.165) is 26.2 Å². The average Bonchev–Trinajstić information content (AvgIpc) is 3.10. The van der Waals surface area contributed by atoms with Crippen molar-refractivity contribution in [1.29, 1.82) is 0 Å². The maximum Gasteiger partial charge on any atom is 0.191 e. The van der Waals surface area contributed by atoms with E-state index in [1.165, 1.54) is 0 Å². The van der Waals surface area contributed by atoms with E-state index in [1.54, 1.807) is 35.5 Å². The zero-order valence-electron chi connectivity index (χ0n) is 11.4. The highest BCUT2D eigenvalue weighted by molar-refractivity contribution is 9.10. The predicted molar refractivity (Wildman–Crippen MR) is 88.3 cm³/mol. The molecule has 1 atom stereocenters. The summed E-state index contributed by atoms with van der Waals surface area (Å²) in [4.78, 5) is 9.77. The van der Waals surface area contributed by atoms with Crippen LogP contribution in [0.15, 0.2) is 39.5 Å². The smallest absolute Gasteiger partial charge is 0.191 e. The van der Waals surface area contributed by atoms with E-state index >= 15 is 0 Å². The third kappa shape index (κ3) is 3.17. The van der Waals surface area contributed by atoms with Crippen LogP contribution >= 0.6 is 39.0 Å². The van der Waals surface area contributed by atoms with Gasteiger partial charge in [-0.1, -0.05) is 17.8 Å². The summed E-state index contributed by atoms with van der Waals surface area (Å²) in [6.07, 6.45) is 3.51. The van der Waals surface area contributed by atoms with Crippen molar-refractivity contribution >= 4 is 39.0 Å². The Hall–Kier alpha value is -1.25. The van der Waals surface area contributed by atoms with Gasteiger partial charge in [0, 0.05) is 19.4 Å². The molecule has 0 aliphatic rings. The van der Waals surface area contributed by atoms with Crippen LogP contribution in [0, 0.1) is 0 Å².